The summed E-state index contributed by atoms with van der Waals surface area (Å²) in [6, 6.07) is 8.19. The lowest BCUT2D eigenvalue weighted by Gasteiger charge is -2.39. The Morgan fingerprint density at radius 2 is 1.91 bits per heavy atom. The van der Waals surface area contributed by atoms with Gasteiger partial charge in [0.2, 0.25) is 5.91 Å². The molecule has 0 radical (unpaired) electrons. The molecule has 22 heavy (non-hydrogen) atoms. The molecule has 1 aliphatic rings. The molecule has 1 aliphatic heterocycles. The van der Waals surface area contributed by atoms with Crippen LogP contribution in [0.4, 0.5) is 0 Å². The van der Waals surface area contributed by atoms with Crippen molar-refractivity contribution in [3.05, 3.63) is 35.4 Å². The highest BCUT2D eigenvalue weighted by atomic mass is 16.2. The minimum atomic E-state index is -0.0912. The first-order valence-electron chi connectivity index (χ1n) is 8.15. The van der Waals surface area contributed by atoms with Crippen molar-refractivity contribution >= 4 is 11.8 Å². The summed E-state index contributed by atoms with van der Waals surface area (Å²) in [5.74, 6) is 0.136. The van der Waals surface area contributed by atoms with Crippen LogP contribution < -0.4 is 5.32 Å². The molecule has 120 valence electrons. The normalized spacial score (nSPS) is 21.5. The third-order valence-corrected chi connectivity index (χ3v) is 4.53. The van der Waals surface area contributed by atoms with Crippen LogP contribution in [0.25, 0.3) is 0 Å². The average Bonchev–Trinajstić information content (AvgIpc) is 2.52. The standard InChI is InChI=1S/C18H26N2O2/c1-13-6-4-7-14(2)20(13)17(21)11-10-15-8-5-9-16(12-15)18(22)19-3/h5,8-9,12-14H,4,6-7,10-11H2,1-3H3,(H,19,22)/t13-,14+. The number of benzene rings is 1. The molecule has 0 saturated carbocycles. The SMILES string of the molecule is CNC(=O)c1cccc(CCC(=O)N2[C@H](C)CCC[C@@H]2C)c1. The van der Waals surface area contributed by atoms with Gasteiger partial charge in [0.15, 0.2) is 0 Å². The van der Waals surface area contributed by atoms with E-state index in [0.717, 1.165) is 18.4 Å². The second kappa shape index (κ2) is 7.43. The lowest BCUT2D eigenvalue weighted by molar-refractivity contribution is -0.137. The summed E-state index contributed by atoms with van der Waals surface area (Å²) in [6.45, 7) is 4.28. The zero-order valence-corrected chi connectivity index (χ0v) is 13.8. The van der Waals surface area contributed by atoms with E-state index in [1.165, 1.54) is 6.42 Å². The van der Waals surface area contributed by atoms with Gasteiger partial charge in [-0.3, -0.25) is 9.59 Å². The number of rotatable bonds is 4. The molecule has 4 nitrogen and oxygen atoms in total. The Morgan fingerprint density at radius 1 is 1.23 bits per heavy atom. The number of carbonyl (C=O) groups excluding carboxylic acids is 2. The first-order chi connectivity index (χ1) is 10.5. The van der Waals surface area contributed by atoms with Gasteiger partial charge in [-0.1, -0.05) is 12.1 Å². The van der Waals surface area contributed by atoms with E-state index in [2.05, 4.69) is 19.2 Å². The molecule has 0 aliphatic carbocycles. The minimum Gasteiger partial charge on any atom is -0.355 e. The second-order valence-electron chi connectivity index (χ2n) is 6.21. The maximum Gasteiger partial charge on any atom is 0.251 e. The molecule has 1 aromatic rings. The number of hydrogen-bond donors (Lipinski definition) is 1. The van der Waals surface area contributed by atoms with Crippen LogP contribution in [0.2, 0.25) is 0 Å². The Balaban J connectivity index is 1.97. The Morgan fingerprint density at radius 3 is 2.55 bits per heavy atom. The van der Waals surface area contributed by atoms with Crippen LogP contribution in [0.3, 0.4) is 0 Å². The third kappa shape index (κ3) is 3.87. The molecule has 1 heterocycles. The number of nitrogens with zero attached hydrogens (tertiary/aromatic N) is 1. The number of carbonyl (C=O) groups is 2. The maximum absolute atomic E-state index is 12.5. The van der Waals surface area contributed by atoms with E-state index in [9.17, 15) is 9.59 Å². The number of nitrogens with one attached hydrogen (secondary N) is 1. The summed E-state index contributed by atoms with van der Waals surface area (Å²) >= 11 is 0. The van der Waals surface area contributed by atoms with Gasteiger partial charge >= 0.3 is 0 Å². The van der Waals surface area contributed by atoms with E-state index in [1.807, 2.05) is 23.1 Å². The first kappa shape index (κ1) is 16.5. The first-order valence-corrected chi connectivity index (χ1v) is 8.15. The van der Waals surface area contributed by atoms with Crippen LogP contribution in [-0.4, -0.2) is 35.8 Å². The summed E-state index contributed by atoms with van der Waals surface area (Å²) in [7, 11) is 1.62. The van der Waals surface area contributed by atoms with Crippen molar-refractivity contribution in [2.24, 2.45) is 0 Å². The predicted molar refractivity (Wildman–Crippen MR) is 87.8 cm³/mol. The van der Waals surface area contributed by atoms with Crippen molar-refractivity contribution in [3.63, 3.8) is 0 Å². The van der Waals surface area contributed by atoms with E-state index in [4.69, 9.17) is 0 Å². The average molecular weight is 302 g/mol. The fraction of sp³-hybridized carbons (Fsp3) is 0.556. The van der Waals surface area contributed by atoms with Crippen LogP contribution in [0, 0.1) is 0 Å². The summed E-state index contributed by atoms with van der Waals surface area (Å²) < 4.78 is 0. The van der Waals surface area contributed by atoms with Crippen LogP contribution in [0.5, 0.6) is 0 Å². The molecule has 2 rings (SSSR count). The highest BCUT2D eigenvalue weighted by Gasteiger charge is 2.28. The van der Waals surface area contributed by atoms with E-state index >= 15 is 0 Å². The molecule has 0 bridgehead atoms. The van der Waals surface area contributed by atoms with Crippen LogP contribution in [0.15, 0.2) is 24.3 Å². The number of hydrogen-bond acceptors (Lipinski definition) is 2. The number of likely N-dealkylation sites (tertiary alicyclic amines) is 1. The van der Waals surface area contributed by atoms with Gasteiger partial charge in [-0.2, -0.15) is 0 Å². The van der Waals surface area contributed by atoms with E-state index < -0.39 is 0 Å². The van der Waals surface area contributed by atoms with E-state index in [0.29, 0.717) is 30.5 Å². The van der Waals surface area contributed by atoms with E-state index in [-0.39, 0.29) is 11.8 Å². The molecular weight excluding hydrogens is 276 g/mol. The summed E-state index contributed by atoms with van der Waals surface area (Å²) in [5.41, 5.74) is 1.68. The van der Waals surface area contributed by atoms with Crippen molar-refractivity contribution < 1.29 is 9.59 Å². The summed E-state index contributed by atoms with van der Waals surface area (Å²) in [5, 5.41) is 2.62. The molecule has 0 unspecified atom stereocenters. The van der Waals surface area contributed by atoms with Gasteiger partial charge in [0.25, 0.3) is 5.91 Å². The molecule has 2 atom stereocenters. The molecule has 2 amide bonds. The van der Waals surface area contributed by atoms with Gasteiger partial charge < -0.3 is 10.2 Å². The van der Waals surface area contributed by atoms with Crippen molar-refractivity contribution in [2.75, 3.05) is 7.05 Å². The van der Waals surface area contributed by atoms with Gasteiger partial charge in [-0.25, -0.2) is 0 Å². The molecule has 1 aromatic carbocycles. The Hall–Kier alpha value is -1.84. The number of piperidine rings is 1. The number of aryl methyl sites for hydroxylation is 1. The monoisotopic (exact) mass is 302 g/mol. The molecular formula is C18H26N2O2. The lowest BCUT2D eigenvalue weighted by atomic mass is 9.96. The molecule has 1 fully saturated rings. The maximum atomic E-state index is 12.5. The van der Waals surface area contributed by atoms with Gasteiger partial charge in [0.1, 0.15) is 0 Å². The van der Waals surface area contributed by atoms with Crippen molar-refractivity contribution in [3.8, 4) is 0 Å². The van der Waals surface area contributed by atoms with Crippen molar-refractivity contribution in [1.82, 2.24) is 10.2 Å². The summed E-state index contributed by atoms with van der Waals surface area (Å²) in [6.07, 6.45) is 4.59. The van der Waals surface area contributed by atoms with Crippen LogP contribution >= 0.6 is 0 Å². The third-order valence-electron chi connectivity index (χ3n) is 4.53. The van der Waals surface area contributed by atoms with Crippen molar-refractivity contribution in [1.29, 1.82) is 0 Å². The predicted octanol–water partition coefficient (Wildman–Crippen LogP) is 2.77. The quantitative estimate of drug-likeness (QED) is 0.929. The van der Waals surface area contributed by atoms with Gasteiger partial charge in [-0.05, 0) is 57.2 Å². The highest BCUT2D eigenvalue weighted by molar-refractivity contribution is 5.94. The minimum absolute atomic E-state index is 0.0912. The molecule has 0 aromatic heterocycles. The Bertz CT molecular complexity index is 532. The fourth-order valence-corrected chi connectivity index (χ4v) is 3.31. The lowest BCUT2D eigenvalue weighted by Crippen LogP contribution is -2.47. The molecule has 4 heteroatoms. The van der Waals surface area contributed by atoms with Crippen molar-refractivity contribution in [2.45, 2.75) is 58.0 Å². The topological polar surface area (TPSA) is 49.4 Å². The van der Waals surface area contributed by atoms with Gasteiger partial charge in [0.05, 0.1) is 0 Å². The Kier molecular flexibility index (Phi) is 5.58. The van der Waals surface area contributed by atoms with Crippen LogP contribution in [-0.2, 0) is 11.2 Å². The molecule has 1 saturated heterocycles. The zero-order valence-electron chi connectivity index (χ0n) is 13.8. The second-order valence-corrected chi connectivity index (χ2v) is 6.21. The molecule has 0 spiro atoms. The van der Waals surface area contributed by atoms with Crippen LogP contribution in [0.1, 0.15) is 55.5 Å². The highest BCUT2D eigenvalue weighted by Crippen LogP contribution is 2.23. The van der Waals surface area contributed by atoms with E-state index in [1.54, 1.807) is 13.1 Å². The number of amides is 2. The van der Waals surface area contributed by atoms with Gasteiger partial charge in [-0.15, -0.1) is 0 Å². The Labute approximate surface area is 132 Å². The van der Waals surface area contributed by atoms with Gasteiger partial charge in [0, 0.05) is 31.1 Å². The zero-order chi connectivity index (χ0) is 16.1. The molecule has 1 N–H and O–H groups in total. The fourth-order valence-electron chi connectivity index (χ4n) is 3.31. The summed E-state index contributed by atoms with van der Waals surface area (Å²) in [4.78, 5) is 26.2. The smallest absolute Gasteiger partial charge is 0.251 e. The largest absolute Gasteiger partial charge is 0.355 e.